The first-order valence-corrected chi connectivity index (χ1v) is 8.78. The van der Waals surface area contributed by atoms with Crippen molar-refractivity contribution in [2.75, 3.05) is 0 Å². The van der Waals surface area contributed by atoms with Gasteiger partial charge < -0.3 is 14.6 Å². The molecule has 0 aromatic heterocycles. The fourth-order valence-corrected chi connectivity index (χ4v) is 3.52. The summed E-state index contributed by atoms with van der Waals surface area (Å²) >= 11 is 0. The molecule has 0 aromatic rings. The molecule has 1 amide bonds. The third-order valence-electron chi connectivity index (χ3n) is 4.72. The van der Waals surface area contributed by atoms with Crippen molar-refractivity contribution in [2.45, 2.75) is 103 Å². The fraction of sp³-hybridized carbons (Fsp3) is 0.889. The SMILES string of the molecule is CC1CCC(CCCCCC=O)(C(C)O)N1C(=O)OC(C)(C)C. The number of amides is 1. The Kier molecular flexibility index (Phi) is 7.05. The van der Waals surface area contributed by atoms with Gasteiger partial charge in [-0.1, -0.05) is 12.8 Å². The van der Waals surface area contributed by atoms with Gasteiger partial charge in [0.05, 0.1) is 11.6 Å². The van der Waals surface area contributed by atoms with E-state index in [1.165, 1.54) is 0 Å². The quantitative estimate of drug-likeness (QED) is 0.572. The van der Waals surface area contributed by atoms with Crippen LogP contribution in [0.4, 0.5) is 4.79 Å². The molecule has 1 N–H and O–H groups in total. The highest BCUT2D eigenvalue weighted by Crippen LogP contribution is 2.41. The third kappa shape index (κ3) is 5.20. The molecule has 0 spiro atoms. The van der Waals surface area contributed by atoms with Gasteiger partial charge >= 0.3 is 6.09 Å². The van der Waals surface area contributed by atoms with Crippen LogP contribution in [0.25, 0.3) is 0 Å². The Bertz CT molecular complexity index is 402. The van der Waals surface area contributed by atoms with Crippen molar-refractivity contribution < 1.29 is 19.4 Å². The summed E-state index contributed by atoms with van der Waals surface area (Å²) in [5, 5.41) is 10.4. The van der Waals surface area contributed by atoms with Gasteiger partial charge in [-0.25, -0.2) is 4.79 Å². The summed E-state index contributed by atoms with van der Waals surface area (Å²) in [5.41, 5.74) is -1.10. The summed E-state index contributed by atoms with van der Waals surface area (Å²) in [6.45, 7) is 9.35. The van der Waals surface area contributed by atoms with Crippen molar-refractivity contribution in [3.63, 3.8) is 0 Å². The second-order valence-electron chi connectivity index (χ2n) is 7.78. The van der Waals surface area contributed by atoms with Crippen molar-refractivity contribution in [2.24, 2.45) is 0 Å². The molecule has 0 bridgehead atoms. The molecule has 23 heavy (non-hydrogen) atoms. The number of aliphatic hydroxyl groups excluding tert-OH is 1. The molecule has 134 valence electrons. The number of aldehydes is 1. The van der Waals surface area contributed by atoms with Crippen LogP contribution in [0.1, 0.15) is 79.6 Å². The molecule has 1 heterocycles. The van der Waals surface area contributed by atoms with E-state index in [0.717, 1.165) is 44.8 Å². The molecule has 1 aliphatic heterocycles. The third-order valence-corrected chi connectivity index (χ3v) is 4.72. The van der Waals surface area contributed by atoms with Gasteiger partial charge in [0.25, 0.3) is 0 Å². The molecular formula is C18H33NO4. The minimum Gasteiger partial charge on any atom is -0.444 e. The smallest absolute Gasteiger partial charge is 0.411 e. The number of carbonyl (C=O) groups excluding carboxylic acids is 2. The van der Waals surface area contributed by atoms with Gasteiger partial charge in [0.2, 0.25) is 0 Å². The molecule has 1 rings (SSSR count). The lowest BCUT2D eigenvalue weighted by Crippen LogP contribution is -2.57. The highest BCUT2D eigenvalue weighted by Gasteiger charge is 2.51. The van der Waals surface area contributed by atoms with E-state index in [1.807, 2.05) is 27.7 Å². The number of likely N-dealkylation sites (tertiary alicyclic amines) is 1. The first kappa shape index (κ1) is 19.9. The Morgan fingerprint density at radius 1 is 1.39 bits per heavy atom. The van der Waals surface area contributed by atoms with Crippen molar-refractivity contribution >= 4 is 12.4 Å². The summed E-state index contributed by atoms with van der Waals surface area (Å²) in [5.74, 6) is 0. The van der Waals surface area contributed by atoms with Gasteiger partial charge in [0.1, 0.15) is 11.9 Å². The van der Waals surface area contributed by atoms with Crippen LogP contribution < -0.4 is 0 Å². The van der Waals surface area contributed by atoms with Crippen LogP contribution in [0.2, 0.25) is 0 Å². The second-order valence-corrected chi connectivity index (χ2v) is 7.78. The molecule has 0 saturated carbocycles. The number of aliphatic hydroxyl groups is 1. The maximum absolute atomic E-state index is 12.7. The Hall–Kier alpha value is -1.10. The van der Waals surface area contributed by atoms with Crippen LogP contribution in [0.15, 0.2) is 0 Å². The lowest BCUT2D eigenvalue weighted by molar-refractivity contribution is -0.107. The molecule has 1 aliphatic rings. The van der Waals surface area contributed by atoms with Crippen LogP contribution in [0.3, 0.4) is 0 Å². The minimum atomic E-state index is -0.606. The van der Waals surface area contributed by atoms with Gasteiger partial charge in [-0.05, 0) is 60.3 Å². The molecular weight excluding hydrogens is 294 g/mol. The van der Waals surface area contributed by atoms with E-state index >= 15 is 0 Å². The zero-order valence-electron chi connectivity index (χ0n) is 15.3. The molecule has 1 saturated heterocycles. The maximum atomic E-state index is 12.7. The molecule has 0 aliphatic carbocycles. The fourth-order valence-electron chi connectivity index (χ4n) is 3.52. The monoisotopic (exact) mass is 327 g/mol. The van der Waals surface area contributed by atoms with Crippen molar-refractivity contribution in [3.8, 4) is 0 Å². The summed E-state index contributed by atoms with van der Waals surface area (Å²) < 4.78 is 5.57. The lowest BCUT2D eigenvalue weighted by Gasteiger charge is -2.43. The van der Waals surface area contributed by atoms with E-state index in [9.17, 15) is 14.7 Å². The average Bonchev–Trinajstić information content (AvgIpc) is 2.75. The van der Waals surface area contributed by atoms with Crippen LogP contribution in [-0.2, 0) is 9.53 Å². The number of nitrogens with zero attached hydrogens (tertiary/aromatic N) is 1. The number of hydrogen-bond donors (Lipinski definition) is 1. The summed E-state index contributed by atoms with van der Waals surface area (Å²) in [6.07, 6.45) is 5.67. The van der Waals surface area contributed by atoms with E-state index in [-0.39, 0.29) is 12.1 Å². The van der Waals surface area contributed by atoms with Gasteiger partial charge in [0, 0.05) is 12.5 Å². The summed E-state index contributed by atoms with van der Waals surface area (Å²) in [4.78, 5) is 24.8. The topological polar surface area (TPSA) is 66.8 Å². The number of ether oxygens (including phenoxy) is 1. The lowest BCUT2D eigenvalue weighted by atomic mass is 9.84. The molecule has 3 atom stereocenters. The molecule has 0 radical (unpaired) electrons. The Labute approximate surface area is 140 Å². The highest BCUT2D eigenvalue weighted by atomic mass is 16.6. The van der Waals surface area contributed by atoms with Crippen LogP contribution >= 0.6 is 0 Å². The van der Waals surface area contributed by atoms with Crippen molar-refractivity contribution in [1.82, 2.24) is 4.90 Å². The number of rotatable bonds is 7. The van der Waals surface area contributed by atoms with Gasteiger partial charge in [-0.2, -0.15) is 0 Å². The Morgan fingerprint density at radius 3 is 2.57 bits per heavy atom. The average molecular weight is 327 g/mol. The van der Waals surface area contributed by atoms with E-state index in [1.54, 1.807) is 11.8 Å². The second kappa shape index (κ2) is 8.13. The van der Waals surface area contributed by atoms with Crippen LogP contribution in [0, 0.1) is 0 Å². The van der Waals surface area contributed by atoms with Gasteiger partial charge in [0.15, 0.2) is 0 Å². The molecule has 5 heteroatoms. The van der Waals surface area contributed by atoms with Crippen molar-refractivity contribution in [1.29, 1.82) is 0 Å². The minimum absolute atomic E-state index is 0.0643. The van der Waals surface area contributed by atoms with Gasteiger partial charge in [-0.3, -0.25) is 4.90 Å². The Balaban J connectivity index is 2.85. The summed E-state index contributed by atoms with van der Waals surface area (Å²) in [7, 11) is 0. The largest absolute Gasteiger partial charge is 0.444 e. The standard InChI is InChI=1S/C18H33NO4/c1-14-10-12-18(15(2)21,11-8-6-7-9-13-20)19(14)16(22)23-17(3,4)5/h13-15,21H,6-12H2,1-5H3. The molecule has 3 unspecified atom stereocenters. The first-order chi connectivity index (χ1) is 10.6. The van der Waals surface area contributed by atoms with E-state index in [4.69, 9.17) is 4.74 Å². The van der Waals surface area contributed by atoms with Crippen LogP contribution in [-0.4, -0.2) is 45.7 Å². The zero-order chi connectivity index (χ0) is 17.7. The van der Waals surface area contributed by atoms with E-state index in [0.29, 0.717) is 6.42 Å². The predicted molar refractivity (Wildman–Crippen MR) is 90.3 cm³/mol. The predicted octanol–water partition coefficient (Wildman–Crippen LogP) is 3.67. The zero-order valence-corrected chi connectivity index (χ0v) is 15.3. The molecule has 5 nitrogen and oxygen atoms in total. The normalized spacial score (nSPS) is 26.2. The Morgan fingerprint density at radius 2 is 2.04 bits per heavy atom. The maximum Gasteiger partial charge on any atom is 0.411 e. The van der Waals surface area contributed by atoms with E-state index < -0.39 is 17.2 Å². The van der Waals surface area contributed by atoms with Crippen molar-refractivity contribution in [3.05, 3.63) is 0 Å². The first-order valence-electron chi connectivity index (χ1n) is 8.78. The summed E-state index contributed by atoms with van der Waals surface area (Å²) in [6, 6.07) is 0.0643. The van der Waals surface area contributed by atoms with E-state index in [2.05, 4.69) is 0 Å². The van der Waals surface area contributed by atoms with Gasteiger partial charge in [-0.15, -0.1) is 0 Å². The highest BCUT2D eigenvalue weighted by molar-refractivity contribution is 5.70. The number of hydrogen-bond acceptors (Lipinski definition) is 4. The number of carbonyl (C=O) groups is 2. The molecule has 1 fully saturated rings. The number of unbranched alkanes of at least 4 members (excludes halogenated alkanes) is 3. The van der Waals surface area contributed by atoms with Crippen LogP contribution in [0.5, 0.6) is 0 Å². The molecule has 0 aromatic carbocycles.